The molecule has 0 amide bonds. The summed E-state index contributed by atoms with van der Waals surface area (Å²) in [5.41, 5.74) is 1.82. The van der Waals surface area contributed by atoms with Crippen molar-refractivity contribution in [2.24, 2.45) is 0 Å². The normalized spacial score (nSPS) is 12.7. The Morgan fingerprint density at radius 3 is 2.73 bits per heavy atom. The Balaban J connectivity index is 2.38. The van der Waals surface area contributed by atoms with E-state index in [-0.39, 0.29) is 5.82 Å². The predicted molar refractivity (Wildman–Crippen MR) is 56.0 cm³/mol. The summed E-state index contributed by atoms with van der Waals surface area (Å²) in [7, 11) is 0. The van der Waals surface area contributed by atoms with Gasteiger partial charge in [0.15, 0.2) is 0 Å². The van der Waals surface area contributed by atoms with Crippen LogP contribution in [0.5, 0.6) is 0 Å². The van der Waals surface area contributed by atoms with Crippen LogP contribution >= 0.6 is 0 Å². The van der Waals surface area contributed by atoms with Crippen LogP contribution in [0, 0.1) is 12.7 Å². The molecule has 2 aromatic rings. The third-order valence-corrected chi connectivity index (χ3v) is 2.39. The Hall–Kier alpha value is -1.61. The molecule has 1 atom stereocenters. The van der Waals surface area contributed by atoms with E-state index in [9.17, 15) is 9.50 Å². The molecule has 1 heterocycles. The largest absolute Gasteiger partial charge is 0.383 e. The highest BCUT2D eigenvalue weighted by atomic mass is 19.1. The Labute approximate surface area is 87.4 Å². The highest BCUT2D eigenvalue weighted by Crippen LogP contribution is 2.24. The summed E-state index contributed by atoms with van der Waals surface area (Å²) in [5.74, 6) is -0.372. The molecular formula is C12H12FNO. The van der Waals surface area contributed by atoms with Crippen molar-refractivity contribution in [1.29, 1.82) is 0 Å². The summed E-state index contributed by atoms with van der Waals surface area (Å²) in [4.78, 5) is 2.83. The van der Waals surface area contributed by atoms with E-state index in [1.54, 1.807) is 30.6 Å². The van der Waals surface area contributed by atoms with E-state index in [1.165, 1.54) is 6.07 Å². The summed E-state index contributed by atoms with van der Waals surface area (Å²) in [6.07, 6.45) is 2.45. The van der Waals surface area contributed by atoms with Crippen LogP contribution in [0.3, 0.4) is 0 Å². The fraction of sp³-hybridized carbons (Fsp3) is 0.167. The van der Waals surface area contributed by atoms with Crippen molar-refractivity contribution in [1.82, 2.24) is 4.98 Å². The Morgan fingerprint density at radius 2 is 2.13 bits per heavy atom. The van der Waals surface area contributed by atoms with Crippen molar-refractivity contribution in [3.63, 3.8) is 0 Å². The number of aryl methyl sites for hydroxylation is 1. The molecule has 2 rings (SSSR count). The van der Waals surface area contributed by atoms with Crippen LogP contribution < -0.4 is 0 Å². The zero-order valence-electron chi connectivity index (χ0n) is 8.37. The van der Waals surface area contributed by atoms with Gasteiger partial charge in [-0.05, 0) is 24.6 Å². The van der Waals surface area contributed by atoms with Gasteiger partial charge in [-0.1, -0.05) is 12.1 Å². The average molecular weight is 205 g/mol. The van der Waals surface area contributed by atoms with E-state index in [1.807, 2.05) is 6.92 Å². The molecule has 0 aliphatic carbocycles. The molecule has 2 nitrogen and oxygen atoms in total. The van der Waals surface area contributed by atoms with Crippen molar-refractivity contribution >= 4 is 0 Å². The lowest BCUT2D eigenvalue weighted by Crippen LogP contribution is -2.01. The van der Waals surface area contributed by atoms with Crippen LogP contribution in [0.25, 0.3) is 0 Å². The van der Waals surface area contributed by atoms with Crippen molar-refractivity contribution in [3.05, 3.63) is 59.2 Å². The minimum absolute atomic E-state index is 0.306. The molecule has 0 aliphatic heterocycles. The maximum Gasteiger partial charge on any atom is 0.129 e. The van der Waals surface area contributed by atoms with Gasteiger partial charge in [0.25, 0.3) is 0 Å². The number of halogens is 1. The number of aromatic nitrogens is 1. The molecule has 2 N–H and O–H groups in total. The zero-order valence-corrected chi connectivity index (χ0v) is 8.37. The molecule has 3 heteroatoms. The SMILES string of the molecule is Cc1ccc(C(O)c2cc[nH]c2)c(F)c1. The van der Waals surface area contributed by atoms with Crippen molar-refractivity contribution in [2.75, 3.05) is 0 Å². The van der Waals surface area contributed by atoms with Gasteiger partial charge in [-0.2, -0.15) is 0 Å². The lowest BCUT2D eigenvalue weighted by atomic mass is 10.0. The topological polar surface area (TPSA) is 36.0 Å². The zero-order chi connectivity index (χ0) is 10.8. The van der Waals surface area contributed by atoms with Crippen molar-refractivity contribution in [3.8, 4) is 0 Å². The molecule has 0 saturated carbocycles. The first-order chi connectivity index (χ1) is 7.18. The first kappa shape index (κ1) is 9.93. The molecule has 1 aromatic carbocycles. The van der Waals surface area contributed by atoms with Crippen LogP contribution in [0.1, 0.15) is 22.8 Å². The molecule has 0 saturated heterocycles. The fourth-order valence-electron chi connectivity index (χ4n) is 1.54. The average Bonchev–Trinajstić information content (AvgIpc) is 2.69. The third-order valence-electron chi connectivity index (χ3n) is 2.39. The van der Waals surface area contributed by atoms with Gasteiger partial charge in [0.05, 0.1) is 0 Å². The van der Waals surface area contributed by atoms with Crippen LogP contribution in [0.4, 0.5) is 4.39 Å². The second-order valence-electron chi connectivity index (χ2n) is 3.57. The molecule has 0 spiro atoms. The number of nitrogens with one attached hydrogen (secondary N) is 1. The molecular weight excluding hydrogens is 193 g/mol. The minimum atomic E-state index is -0.906. The number of rotatable bonds is 2. The van der Waals surface area contributed by atoms with Gasteiger partial charge in [0.1, 0.15) is 11.9 Å². The van der Waals surface area contributed by atoms with Gasteiger partial charge in [-0.25, -0.2) is 4.39 Å². The van der Waals surface area contributed by atoms with Crippen molar-refractivity contribution in [2.45, 2.75) is 13.0 Å². The van der Waals surface area contributed by atoms with Crippen LogP contribution in [-0.4, -0.2) is 10.1 Å². The molecule has 15 heavy (non-hydrogen) atoms. The van der Waals surface area contributed by atoms with Gasteiger partial charge < -0.3 is 10.1 Å². The highest BCUT2D eigenvalue weighted by Gasteiger charge is 2.14. The molecule has 0 bridgehead atoms. The number of hydrogen-bond acceptors (Lipinski definition) is 1. The van der Waals surface area contributed by atoms with E-state index < -0.39 is 6.10 Å². The summed E-state index contributed by atoms with van der Waals surface area (Å²) in [5, 5.41) is 9.89. The molecule has 78 valence electrons. The van der Waals surface area contributed by atoms with Crippen LogP contribution in [0.2, 0.25) is 0 Å². The molecule has 1 aromatic heterocycles. The van der Waals surface area contributed by atoms with Gasteiger partial charge in [0, 0.05) is 23.5 Å². The predicted octanol–water partition coefficient (Wildman–Crippen LogP) is 2.54. The number of benzene rings is 1. The van der Waals surface area contributed by atoms with E-state index >= 15 is 0 Å². The van der Waals surface area contributed by atoms with Crippen LogP contribution in [0.15, 0.2) is 36.7 Å². The van der Waals surface area contributed by atoms with Gasteiger partial charge in [-0.3, -0.25) is 0 Å². The summed E-state index contributed by atoms with van der Waals surface area (Å²) in [6, 6.07) is 6.55. The standard InChI is InChI=1S/C12H12FNO/c1-8-2-3-10(11(13)6-8)12(15)9-4-5-14-7-9/h2-7,12,14-15H,1H3. The van der Waals surface area contributed by atoms with E-state index in [4.69, 9.17) is 0 Å². The first-order valence-electron chi connectivity index (χ1n) is 4.75. The van der Waals surface area contributed by atoms with E-state index in [0.717, 1.165) is 5.56 Å². The highest BCUT2D eigenvalue weighted by molar-refractivity contribution is 5.31. The Kier molecular flexibility index (Phi) is 2.56. The summed E-state index contributed by atoms with van der Waals surface area (Å²) >= 11 is 0. The van der Waals surface area contributed by atoms with E-state index in [0.29, 0.717) is 11.1 Å². The van der Waals surface area contributed by atoms with Crippen molar-refractivity contribution < 1.29 is 9.50 Å². The lowest BCUT2D eigenvalue weighted by molar-refractivity contribution is 0.215. The summed E-state index contributed by atoms with van der Waals surface area (Å²) in [6.45, 7) is 1.82. The smallest absolute Gasteiger partial charge is 0.129 e. The maximum atomic E-state index is 13.5. The first-order valence-corrected chi connectivity index (χ1v) is 4.75. The second-order valence-corrected chi connectivity index (χ2v) is 3.57. The van der Waals surface area contributed by atoms with Crippen LogP contribution in [-0.2, 0) is 0 Å². The van der Waals surface area contributed by atoms with Gasteiger partial charge in [-0.15, -0.1) is 0 Å². The van der Waals surface area contributed by atoms with Gasteiger partial charge in [0.2, 0.25) is 0 Å². The Morgan fingerprint density at radius 1 is 1.33 bits per heavy atom. The molecule has 0 fully saturated rings. The molecule has 0 radical (unpaired) electrons. The molecule has 1 unspecified atom stereocenters. The van der Waals surface area contributed by atoms with E-state index in [2.05, 4.69) is 4.98 Å². The van der Waals surface area contributed by atoms with Gasteiger partial charge >= 0.3 is 0 Å². The monoisotopic (exact) mass is 205 g/mol. The lowest BCUT2D eigenvalue weighted by Gasteiger charge is -2.10. The third kappa shape index (κ3) is 1.92. The number of aliphatic hydroxyl groups is 1. The minimum Gasteiger partial charge on any atom is -0.383 e. The number of aliphatic hydroxyl groups excluding tert-OH is 1. The quantitative estimate of drug-likeness (QED) is 0.776. The Bertz CT molecular complexity index is 451. The number of hydrogen-bond donors (Lipinski definition) is 2. The summed E-state index contributed by atoms with van der Waals surface area (Å²) < 4.78 is 13.5. The molecule has 0 aliphatic rings. The number of H-pyrrole nitrogens is 1. The number of aromatic amines is 1. The maximum absolute atomic E-state index is 13.5. The second kappa shape index (κ2) is 3.87. The fourth-order valence-corrected chi connectivity index (χ4v) is 1.54.